The maximum absolute atomic E-state index is 10.4. The second kappa shape index (κ2) is 19.0. The highest BCUT2D eigenvalue weighted by Crippen LogP contribution is 2.13. The molecule has 0 amide bonds. The number of allylic oxidation sites excluding steroid dienone is 4. The molecule has 2 nitrogen and oxygen atoms in total. The summed E-state index contributed by atoms with van der Waals surface area (Å²) in [6.45, 7) is 2.07. The molecular formula is C21H38O2. The lowest BCUT2D eigenvalue weighted by Crippen LogP contribution is -1.93. The van der Waals surface area contributed by atoms with Crippen molar-refractivity contribution in [2.75, 3.05) is 0 Å². The van der Waals surface area contributed by atoms with Crippen LogP contribution in [0.2, 0.25) is 0 Å². The van der Waals surface area contributed by atoms with Crippen LogP contribution in [0.3, 0.4) is 0 Å². The van der Waals surface area contributed by atoms with Gasteiger partial charge in [0.25, 0.3) is 0 Å². The van der Waals surface area contributed by atoms with Crippen LogP contribution in [-0.2, 0) is 4.79 Å². The van der Waals surface area contributed by atoms with Crippen LogP contribution in [0.4, 0.5) is 0 Å². The molecule has 0 bridgehead atoms. The smallest absolute Gasteiger partial charge is 0.303 e. The average Bonchev–Trinajstić information content (AvgIpc) is 2.53. The summed E-state index contributed by atoms with van der Waals surface area (Å²) < 4.78 is 0. The molecule has 23 heavy (non-hydrogen) atoms. The summed E-state index contributed by atoms with van der Waals surface area (Å²) in [6.07, 6.45) is 26.9. The van der Waals surface area contributed by atoms with Crippen molar-refractivity contribution < 1.29 is 9.90 Å². The van der Waals surface area contributed by atoms with Gasteiger partial charge in [-0.15, -0.1) is 0 Å². The third kappa shape index (κ3) is 21.0. The quantitative estimate of drug-likeness (QED) is 0.230. The molecule has 0 aliphatic rings. The van der Waals surface area contributed by atoms with Crippen LogP contribution in [-0.4, -0.2) is 11.1 Å². The average molecular weight is 323 g/mol. The summed E-state index contributed by atoms with van der Waals surface area (Å²) in [4.78, 5) is 10.4. The molecule has 0 aromatic heterocycles. The Hall–Kier alpha value is -1.05. The Labute approximate surface area is 144 Å². The zero-order valence-electron chi connectivity index (χ0n) is 15.3. The molecule has 0 unspecified atom stereocenters. The molecule has 1 N–H and O–H groups in total. The Bertz CT molecular complexity index is 305. The topological polar surface area (TPSA) is 37.3 Å². The minimum Gasteiger partial charge on any atom is -0.481 e. The normalized spacial score (nSPS) is 11.7. The summed E-state index contributed by atoms with van der Waals surface area (Å²) in [5.41, 5.74) is 0. The fourth-order valence-electron chi connectivity index (χ4n) is 2.73. The van der Waals surface area contributed by atoms with E-state index in [1.54, 1.807) is 0 Å². The molecule has 0 fully saturated rings. The van der Waals surface area contributed by atoms with E-state index in [9.17, 15) is 4.79 Å². The van der Waals surface area contributed by atoms with E-state index >= 15 is 0 Å². The minimum atomic E-state index is -0.658. The van der Waals surface area contributed by atoms with Crippen LogP contribution >= 0.6 is 0 Å². The third-order valence-electron chi connectivity index (χ3n) is 4.19. The van der Waals surface area contributed by atoms with Gasteiger partial charge in [0.2, 0.25) is 0 Å². The molecule has 0 saturated carbocycles. The molecule has 0 aliphatic heterocycles. The van der Waals surface area contributed by atoms with Crippen molar-refractivity contribution >= 4 is 5.97 Å². The maximum atomic E-state index is 10.4. The molecule has 0 aromatic carbocycles. The van der Waals surface area contributed by atoms with E-state index in [0.717, 1.165) is 19.3 Å². The number of hydrogen-bond acceptors (Lipinski definition) is 1. The Morgan fingerprint density at radius 3 is 1.65 bits per heavy atom. The van der Waals surface area contributed by atoms with Crippen LogP contribution in [0.5, 0.6) is 0 Å². The molecule has 0 atom stereocenters. The molecule has 0 spiro atoms. The Balaban J connectivity index is 3.05. The van der Waals surface area contributed by atoms with Crippen molar-refractivity contribution in [1.29, 1.82) is 0 Å². The monoisotopic (exact) mass is 322 g/mol. The fraction of sp³-hybridized carbons (Fsp3) is 0.762. The predicted octanol–water partition coefficient (Wildman–Crippen LogP) is 7.05. The van der Waals surface area contributed by atoms with Crippen LogP contribution in [0, 0.1) is 0 Å². The van der Waals surface area contributed by atoms with Gasteiger partial charge >= 0.3 is 5.97 Å². The van der Waals surface area contributed by atoms with E-state index in [-0.39, 0.29) is 0 Å². The summed E-state index contributed by atoms with van der Waals surface area (Å²) in [5, 5.41) is 8.54. The van der Waals surface area contributed by atoms with Crippen LogP contribution in [0.1, 0.15) is 103 Å². The Kier molecular flexibility index (Phi) is 18.1. The number of carboxylic acid groups (broad SMARTS) is 1. The fourth-order valence-corrected chi connectivity index (χ4v) is 2.73. The first-order valence-corrected chi connectivity index (χ1v) is 9.75. The van der Waals surface area contributed by atoms with Crippen molar-refractivity contribution in [2.45, 2.75) is 103 Å². The second-order valence-electron chi connectivity index (χ2n) is 6.45. The zero-order valence-corrected chi connectivity index (χ0v) is 15.3. The van der Waals surface area contributed by atoms with Crippen molar-refractivity contribution in [3.8, 4) is 0 Å². The van der Waals surface area contributed by atoms with Gasteiger partial charge in [0.05, 0.1) is 0 Å². The van der Waals surface area contributed by atoms with Crippen LogP contribution in [0.15, 0.2) is 24.3 Å². The van der Waals surface area contributed by atoms with E-state index in [4.69, 9.17) is 5.11 Å². The first kappa shape index (κ1) is 21.9. The highest BCUT2D eigenvalue weighted by atomic mass is 16.4. The summed E-state index contributed by atoms with van der Waals surface area (Å²) in [5.74, 6) is -0.658. The highest BCUT2D eigenvalue weighted by Gasteiger charge is 1.96. The molecule has 0 aliphatic carbocycles. The van der Waals surface area contributed by atoms with Gasteiger partial charge in [-0.3, -0.25) is 4.79 Å². The van der Waals surface area contributed by atoms with Gasteiger partial charge in [0.15, 0.2) is 0 Å². The summed E-state index contributed by atoms with van der Waals surface area (Å²) in [6, 6.07) is 0. The van der Waals surface area contributed by atoms with Gasteiger partial charge in [-0.2, -0.15) is 0 Å². The van der Waals surface area contributed by atoms with Gasteiger partial charge in [0.1, 0.15) is 0 Å². The first-order chi connectivity index (χ1) is 11.3. The standard InChI is InChI=1S/C21H38O2/c1-2-3-4-5-6-7-8-9-10-11-12-13-14-15-16-17-18-19-20-21(22)23/h2-3,5-6H,4,7-20H2,1H3,(H,22,23). The molecule has 0 radical (unpaired) electrons. The molecule has 2 heteroatoms. The second-order valence-corrected chi connectivity index (χ2v) is 6.45. The predicted molar refractivity (Wildman–Crippen MR) is 101 cm³/mol. The Morgan fingerprint density at radius 1 is 0.696 bits per heavy atom. The largest absolute Gasteiger partial charge is 0.481 e. The third-order valence-corrected chi connectivity index (χ3v) is 4.19. The van der Waals surface area contributed by atoms with Crippen molar-refractivity contribution in [2.24, 2.45) is 0 Å². The number of hydrogen-bond donors (Lipinski definition) is 1. The highest BCUT2D eigenvalue weighted by molar-refractivity contribution is 5.66. The SMILES string of the molecule is CC=CCC=CCCCCCCCCCCCCCCC(=O)O. The van der Waals surface area contributed by atoms with E-state index < -0.39 is 5.97 Å². The lowest BCUT2D eigenvalue weighted by Gasteiger charge is -2.02. The zero-order chi connectivity index (χ0) is 17.0. The van der Waals surface area contributed by atoms with E-state index in [2.05, 4.69) is 31.2 Å². The molecule has 0 aromatic rings. The maximum Gasteiger partial charge on any atom is 0.303 e. The lowest BCUT2D eigenvalue weighted by atomic mass is 10.0. The number of unbranched alkanes of at least 4 members (excludes halogenated alkanes) is 12. The molecular weight excluding hydrogens is 284 g/mol. The van der Waals surface area contributed by atoms with Crippen molar-refractivity contribution in [3.63, 3.8) is 0 Å². The number of aliphatic carboxylic acids is 1. The Morgan fingerprint density at radius 2 is 1.17 bits per heavy atom. The van der Waals surface area contributed by atoms with Gasteiger partial charge in [0, 0.05) is 6.42 Å². The molecule has 0 rings (SSSR count). The molecule has 134 valence electrons. The van der Waals surface area contributed by atoms with Crippen LogP contribution in [0.25, 0.3) is 0 Å². The summed E-state index contributed by atoms with van der Waals surface area (Å²) >= 11 is 0. The van der Waals surface area contributed by atoms with Crippen molar-refractivity contribution in [3.05, 3.63) is 24.3 Å². The van der Waals surface area contributed by atoms with E-state index in [1.165, 1.54) is 70.6 Å². The number of carbonyl (C=O) groups is 1. The van der Waals surface area contributed by atoms with Gasteiger partial charge < -0.3 is 5.11 Å². The minimum absolute atomic E-state index is 0.339. The lowest BCUT2D eigenvalue weighted by molar-refractivity contribution is -0.137. The first-order valence-electron chi connectivity index (χ1n) is 9.75. The molecule has 0 heterocycles. The van der Waals surface area contributed by atoms with Gasteiger partial charge in [-0.25, -0.2) is 0 Å². The van der Waals surface area contributed by atoms with Crippen molar-refractivity contribution in [1.82, 2.24) is 0 Å². The summed E-state index contributed by atoms with van der Waals surface area (Å²) in [7, 11) is 0. The van der Waals surface area contributed by atoms with Gasteiger partial charge in [-0.1, -0.05) is 88.5 Å². The van der Waals surface area contributed by atoms with E-state index in [1.807, 2.05) is 0 Å². The van der Waals surface area contributed by atoms with Crippen LogP contribution < -0.4 is 0 Å². The number of carboxylic acids is 1. The molecule has 0 saturated heterocycles. The van der Waals surface area contributed by atoms with E-state index in [0.29, 0.717) is 6.42 Å². The number of rotatable bonds is 17. The van der Waals surface area contributed by atoms with Gasteiger partial charge in [-0.05, 0) is 32.6 Å².